The van der Waals surface area contributed by atoms with Crippen molar-refractivity contribution in [1.82, 2.24) is 4.98 Å². The number of nitrogens with two attached hydrogens (primary N) is 1. The van der Waals surface area contributed by atoms with E-state index >= 15 is 0 Å². The van der Waals surface area contributed by atoms with Crippen LogP contribution in [0, 0.1) is 13.8 Å². The van der Waals surface area contributed by atoms with Gasteiger partial charge in [-0.15, -0.1) is 0 Å². The molecule has 0 radical (unpaired) electrons. The Morgan fingerprint density at radius 2 is 2.00 bits per heavy atom. The number of rotatable bonds is 1. The Balaban J connectivity index is 2.97. The van der Waals surface area contributed by atoms with Gasteiger partial charge in [0.1, 0.15) is 0 Å². The summed E-state index contributed by atoms with van der Waals surface area (Å²) in [6, 6.07) is 4.09. The van der Waals surface area contributed by atoms with Gasteiger partial charge in [-0.1, -0.05) is 28.9 Å². The maximum atomic E-state index is 6.19. The molecule has 1 aromatic heterocycles. The summed E-state index contributed by atoms with van der Waals surface area (Å²) >= 11 is 3.54. The van der Waals surface area contributed by atoms with Crippen LogP contribution in [0.4, 0.5) is 5.69 Å². The van der Waals surface area contributed by atoms with Crippen LogP contribution in [0.15, 0.2) is 16.6 Å². The number of hydrogen-bond donors (Lipinski definition) is 1. The summed E-state index contributed by atoms with van der Waals surface area (Å²) in [7, 11) is 0. The highest BCUT2D eigenvalue weighted by molar-refractivity contribution is 9.10. The Labute approximate surface area is 104 Å². The van der Waals surface area contributed by atoms with Crippen LogP contribution >= 0.6 is 15.9 Å². The molecule has 2 N–H and O–H groups in total. The third-order valence-electron chi connectivity index (χ3n) is 3.02. The van der Waals surface area contributed by atoms with Crippen molar-refractivity contribution in [2.24, 2.45) is 0 Å². The van der Waals surface area contributed by atoms with Gasteiger partial charge >= 0.3 is 0 Å². The molecule has 16 heavy (non-hydrogen) atoms. The first-order valence-electron chi connectivity index (χ1n) is 5.40. The van der Waals surface area contributed by atoms with Crippen LogP contribution < -0.4 is 5.73 Å². The topological polar surface area (TPSA) is 38.9 Å². The van der Waals surface area contributed by atoms with E-state index in [1.54, 1.807) is 0 Å². The third kappa shape index (κ3) is 1.59. The van der Waals surface area contributed by atoms with E-state index in [2.05, 4.69) is 35.8 Å². The molecule has 0 bridgehead atoms. The maximum Gasteiger partial charge on any atom is 0.0766 e. The van der Waals surface area contributed by atoms with Crippen LogP contribution in [-0.2, 0) is 6.42 Å². The van der Waals surface area contributed by atoms with Crippen molar-refractivity contribution in [2.75, 3.05) is 5.73 Å². The van der Waals surface area contributed by atoms with E-state index < -0.39 is 0 Å². The number of pyridine rings is 1. The lowest BCUT2D eigenvalue weighted by molar-refractivity contribution is 1.03. The molecule has 0 saturated heterocycles. The van der Waals surface area contributed by atoms with Crippen LogP contribution in [0.3, 0.4) is 0 Å². The molecule has 0 amide bonds. The van der Waals surface area contributed by atoms with E-state index in [0.717, 1.165) is 38.7 Å². The lowest BCUT2D eigenvalue weighted by Crippen LogP contribution is -2.01. The number of fused-ring (bicyclic) bond motifs is 1. The molecule has 2 nitrogen and oxygen atoms in total. The summed E-state index contributed by atoms with van der Waals surface area (Å²) in [6.07, 6.45) is 0.915. The summed E-state index contributed by atoms with van der Waals surface area (Å²) in [5.74, 6) is 0. The van der Waals surface area contributed by atoms with Crippen LogP contribution in [-0.4, -0.2) is 4.98 Å². The van der Waals surface area contributed by atoms with Crippen molar-refractivity contribution >= 4 is 32.5 Å². The van der Waals surface area contributed by atoms with Crippen LogP contribution in [0.2, 0.25) is 0 Å². The number of hydrogen-bond acceptors (Lipinski definition) is 2. The van der Waals surface area contributed by atoms with Crippen molar-refractivity contribution in [3.8, 4) is 0 Å². The SMILES string of the molecule is CCc1nc2c(C)ccc(Br)c2c(N)c1C. The fraction of sp³-hybridized carbons (Fsp3) is 0.308. The van der Waals surface area contributed by atoms with Crippen LogP contribution in [0.25, 0.3) is 10.9 Å². The van der Waals surface area contributed by atoms with Gasteiger partial charge in [0.2, 0.25) is 0 Å². The van der Waals surface area contributed by atoms with Gasteiger partial charge in [0.05, 0.1) is 5.52 Å². The van der Waals surface area contributed by atoms with Crippen molar-refractivity contribution in [3.63, 3.8) is 0 Å². The minimum Gasteiger partial charge on any atom is -0.398 e. The third-order valence-corrected chi connectivity index (χ3v) is 3.68. The second kappa shape index (κ2) is 4.06. The molecule has 0 fully saturated rings. The molecular weight excluding hydrogens is 264 g/mol. The molecule has 1 heterocycles. The van der Waals surface area contributed by atoms with E-state index in [1.165, 1.54) is 5.56 Å². The monoisotopic (exact) mass is 278 g/mol. The van der Waals surface area contributed by atoms with Gasteiger partial charge in [-0.05, 0) is 37.5 Å². The van der Waals surface area contributed by atoms with Crippen LogP contribution in [0.1, 0.15) is 23.7 Å². The standard InChI is InChI=1S/C13H15BrN2/c1-4-10-8(3)12(15)11-9(14)6-5-7(2)13(11)16-10/h5-6H,4H2,1-3H3,(H2,15,16). The van der Waals surface area contributed by atoms with Gasteiger partial charge < -0.3 is 5.73 Å². The largest absolute Gasteiger partial charge is 0.398 e. The van der Waals surface area contributed by atoms with E-state index in [9.17, 15) is 0 Å². The number of benzene rings is 1. The second-order valence-corrected chi connectivity index (χ2v) is 4.89. The van der Waals surface area contributed by atoms with Gasteiger partial charge in [-0.25, -0.2) is 0 Å². The summed E-state index contributed by atoms with van der Waals surface area (Å²) in [5, 5.41) is 1.04. The maximum absolute atomic E-state index is 6.19. The van der Waals surface area contributed by atoms with Gasteiger partial charge in [-0.2, -0.15) is 0 Å². The molecule has 0 aliphatic rings. The second-order valence-electron chi connectivity index (χ2n) is 4.04. The Morgan fingerprint density at radius 1 is 1.31 bits per heavy atom. The zero-order valence-electron chi connectivity index (χ0n) is 9.76. The summed E-state index contributed by atoms with van der Waals surface area (Å²) in [5.41, 5.74) is 11.4. The quantitative estimate of drug-likeness (QED) is 0.863. The predicted molar refractivity (Wildman–Crippen MR) is 72.7 cm³/mol. The fourth-order valence-electron chi connectivity index (χ4n) is 1.98. The Hall–Kier alpha value is -1.09. The van der Waals surface area contributed by atoms with Crippen molar-refractivity contribution in [1.29, 1.82) is 0 Å². The van der Waals surface area contributed by atoms with Gasteiger partial charge in [-0.3, -0.25) is 4.98 Å². The molecule has 0 aliphatic carbocycles. The minimum absolute atomic E-state index is 0.845. The van der Waals surface area contributed by atoms with E-state index in [0.29, 0.717) is 0 Å². The highest BCUT2D eigenvalue weighted by atomic mass is 79.9. The van der Waals surface area contributed by atoms with Crippen molar-refractivity contribution in [3.05, 3.63) is 33.4 Å². The van der Waals surface area contributed by atoms with Crippen molar-refractivity contribution in [2.45, 2.75) is 27.2 Å². The molecule has 0 unspecified atom stereocenters. The summed E-state index contributed by atoms with van der Waals surface area (Å²) in [6.45, 7) is 6.21. The number of halogens is 1. The molecular formula is C13H15BrN2. The molecule has 0 spiro atoms. The molecule has 0 atom stereocenters. The first-order chi connectivity index (χ1) is 7.56. The molecule has 84 valence electrons. The number of nitrogens with zero attached hydrogens (tertiary/aromatic N) is 1. The van der Waals surface area contributed by atoms with Gasteiger partial charge in [0, 0.05) is 21.2 Å². The number of anilines is 1. The summed E-state index contributed by atoms with van der Waals surface area (Å²) in [4.78, 5) is 4.70. The number of aryl methyl sites for hydroxylation is 2. The Morgan fingerprint density at radius 3 is 2.62 bits per heavy atom. The number of nitrogen functional groups attached to an aromatic ring is 1. The lowest BCUT2D eigenvalue weighted by atomic mass is 10.0. The first kappa shape index (κ1) is 11.4. The summed E-state index contributed by atoms with van der Waals surface area (Å²) < 4.78 is 1.02. The minimum atomic E-state index is 0.845. The van der Waals surface area contributed by atoms with Gasteiger partial charge in [0.15, 0.2) is 0 Å². The van der Waals surface area contributed by atoms with E-state index in [4.69, 9.17) is 10.7 Å². The average molecular weight is 279 g/mol. The lowest BCUT2D eigenvalue weighted by Gasteiger charge is -2.12. The van der Waals surface area contributed by atoms with Gasteiger partial charge in [0.25, 0.3) is 0 Å². The molecule has 3 heteroatoms. The zero-order valence-corrected chi connectivity index (χ0v) is 11.4. The molecule has 2 rings (SSSR count). The molecule has 0 aliphatic heterocycles. The Kier molecular flexibility index (Phi) is 2.89. The van der Waals surface area contributed by atoms with E-state index in [-0.39, 0.29) is 0 Å². The smallest absolute Gasteiger partial charge is 0.0766 e. The number of aromatic nitrogens is 1. The first-order valence-corrected chi connectivity index (χ1v) is 6.19. The predicted octanol–water partition coefficient (Wildman–Crippen LogP) is 3.76. The highest BCUT2D eigenvalue weighted by Gasteiger charge is 2.12. The van der Waals surface area contributed by atoms with Crippen LogP contribution in [0.5, 0.6) is 0 Å². The normalized spacial score (nSPS) is 11.0. The molecule has 0 saturated carbocycles. The molecule has 2 aromatic rings. The highest BCUT2D eigenvalue weighted by Crippen LogP contribution is 2.33. The zero-order chi connectivity index (χ0) is 11.9. The van der Waals surface area contributed by atoms with E-state index in [1.807, 2.05) is 13.0 Å². The molecule has 1 aromatic carbocycles. The Bertz CT molecular complexity index is 562. The average Bonchev–Trinajstić information content (AvgIpc) is 2.27. The fourth-order valence-corrected chi connectivity index (χ4v) is 2.51. The van der Waals surface area contributed by atoms with Crippen molar-refractivity contribution < 1.29 is 0 Å².